The molecule has 110 valence electrons. The molecule has 1 aromatic rings. The van der Waals surface area contributed by atoms with Gasteiger partial charge in [0.2, 0.25) is 0 Å². The molecule has 3 heteroatoms. The molecule has 0 saturated carbocycles. The monoisotopic (exact) mass is 275 g/mol. The maximum Gasteiger partial charge on any atom is 0.339 e. The van der Waals surface area contributed by atoms with Crippen molar-refractivity contribution in [3.8, 4) is 0 Å². The third-order valence-electron chi connectivity index (χ3n) is 4.06. The van der Waals surface area contributed by atoms with Crippen LogP contribution in [0.1, 0.15) is 73.0 Å². The number of methoxy groups -OCH3 is 1. The Bertz CT molecular complexity index is 443. The molecule has 1 aliphatic heterocycles. The largest absolute Gasteiger partial charge is 0.465 e. The number of rotatable bonds is 1. The second-order valence-electron chi connectivity index (χ2n) is 5.66. The topological polar surface area (TPSA) is 39.2 Å². The van der Waals surface area contributed by atoms with E-state index in [1.165, 1.54) is 52.1 Å². The van der Waals surface area contributed by atoms with Crippen molar-refractivity contribution >= 4 is 5.97 Å². The van der Waals surface area contributed by atoms with Crippen molar-refractivity contribution in [3.05, 3.63) is 29.1 Å². The highest BCUT2D eigenvalue weighted by Crippen LogP contribution is 2.18. The van der Waals surface area contributed by atoms with E-state index in [1.807, 2.05) is 12.3 Å². The van der Waals surface area contributed by atoms with Gasteiger partial charge < -0.3 is 4.74 Å². The lowest BCUT2D eigenvalue weighted by molar-refractivity contribution is 0.0598. The number of aromatic nitrogens is 1. The van der Waals surface area contributed by atoms with E-state index >= 15 is 0 Å². The van der Waals surface area contributed by atoms with Crippen molar-refractivity contribution in [3.63, 3.8) is 0 Å². The molecule has 1 aliphatic carbocycles. The highest BCUT2D eigenvalue weighted by molar-refractivity contribution is 5.90. The molecule has 0 amide bonds. The maximum absolute atomic E-state index is 11.9. The van der Waals surface area contributed by atoms with E-state index < -0.39 is 0 Å². The summed E-state index contributed by atoms with van der Waals surface area (Å²) >= 11 is 0. The summed E-state index contributed by atoms with van der Waals surface area (Å²) in [7, 11) is 1.44. The predicted molar refractivity (Wildman–Crippen MR) is 79.9 cm³/mol. The van der Waals surface area contributed by atoms with E-state index in [-0.39, 0.29) is 5.97 Å². The molecule has 3 nitrogen and oxygen atoms in total. The van der Waals surface area contributed by atoms with Gasteiger partial charge in [-0.1, -0.05) is 38.5 Å². The fourth-order valence-electron chi connectivity index (χ4n) is 2.84. The summed E-state index contributed by atoms with van der Waals surface area (Å²) in [5.74, 6) is -0.249. The molecular formula is C17H25NO2. The zero-order valence-electron chi connectivity index (χ0n) is 12.5. The van der Waals surface area contributed by atoms with E-state index in [1.54, 1.807) is 0 Å². The Balaban J connectivity index is 2.17. The number of esters is 1. The summed E-state index contributed by atoms with van der Waals surface area (Å²) in [6.45, 7) is 0. The minimum Gasteiger partial charge on any atom is -0.465 e. The highest BCUT2D eigenvalue weighted by atomic mass is 16.5. The lowest BCUT2D eigenvalue weighted by Gasteiger charge is -2.11. The molecular weight excluding hydrogens is 250 g/mol. The lowest BCUT2D eigenvalue weighted by Crippen LogP contribution is -2.09. The fraction of sp³-hybridized carbons (Fsp3) is 0.647. The molecule has 3 rings (SSSR count). The van der Waals surface area contributed by atoms with Gasteiger partial charge in [-0.15, -0.1) is 0 Å². The van der Waals surface area contributed by atoms with E-state index in [4.69, 9.17) is 4.74 Å². The van der Waals surface area contributed by atoms with Gasteiger partial charge in [0.1, 0.15) is 0 Å². The molecule has 2 bridgehead atoms. The molecule has 0 spiro atoms. The first-order valence-corrected chi connectivity index (χ1v) is 7.87. The third-order valence-corrected chi connectivity index (χ3v) is 4.06. The average Bonchev–Trinajstić information content (AvgIpc) is 2.49. The molecule has 0 unspecified atom stereocenters. The van der Waals surface area contributed by atoms with Gasteiger partial charge >= 0.3 is 5.97 Å². The molecule has 0 fully saturated rings. The van der Waals surface area contributed by atoms with Crippen molar-refractivity contribution in [1.29, 1.82) is 0 Å². The van der Waals surface area contributed by atoms with E-state index in [9.17, 15) is 4.79 Å². The van der Waals surface area contributed by atoms with Crippen molar-refractivity contribution in [2.75, 3.05) is 7.11 Å². The number of nitrogens with zero attached hydrogens (tertiary/aromatic N) is 1. The van der Waals surface area contributed by atoms with Crippen LogP contribution in [0.2, 0.25) is 0 Å². The molecule has 0 atom stereocenters. The first-order valence-electron chi connectivity index (χ1n) is 7.87. The molecule has 0 aromatic carbocycles. The van der Waals surface area contributed by atoms with Crippen molar-refractivity contribution < 1.29 is 9.53 Å². The number of carbonyl (C=O) groups excluding carboxylic acids is 1. The first-order chi connectivity index (χ1) is 9.81. The first kappa shape index (κ1) is 15.0. The summed E-state index contributed by atoms with van der Waals surface area (Å²) in [4.78, 5) is 16.4. The Morgan fingerprint density at radius 2 is 1.60 bits per heavy atom. The van der Waals surface area contributed by atoms with Crippen molar-refractivity contribution in [2.45, 2.75) is 64.2 Å². The smallest absolute Gasteiger partial charge is 0.339 e. The second-order valence-corrected chi connectivity index (χ2v) is 5.66. The van der Waals surface area contributed by atoms with Crippen LogP contribution in [-0.4, -0.2) is 18.1 Å². The normalized spacial score (nSPS) is 17.4. The van der Waals surface area contributed by atoms with Gasteiger partial charge in [0.15, 0.2) is 0 Å². The maximum atomic E-state index is 11.9. The number of hydrogen-bond donors (Lipinski definition) is 0. The minimum atomic E-state index is -0.249. The Morgan fingerprint density at radius 3 is 2.25 bits per heavy atom. The third kappa shape index (κ3) is 4.32. The molecule has 0 N–H and O–H groups in total. The zero-order valence-corrected chi connectivity index (χ0v) is 12.5. The predicted octanol–water partition coefficient (Wildman–Crippen LogP) is 4.09. The summed E-state index contributed by atoms with van der Waals surface area (Å²) in [6.07, 6.45) is 14.0. The second kappa shape index (κ2) is 8.03. The van der Waals surface area contributed by atoms with Crippen LogP contribution in [0.4, 0.5) is 0 Å². The fourth-order valence-corrected chi connectivity index (χ4v) is 2.84. The van der Waals surface area contributed by atoms with Gasteiger partial charge in [0.25, 0.3) is 0 Å². The van der Waals surface area contributed by atoms with E-state index in [0.29, 0.717) is 5.56 Å². The Labute approximate surface area is 121 Å². The molecule has 0 radical (unpaired) electrons. The highest BCUT2D eigenvalue weighted by Gasteiger charge is 2.14. The van der Waals surface area contributed by atoms with Crippen LogP contribution in [0.15, 0.2) is 12.3 Å². The molecule has 1 aromatic heterocycles. The summed E-state index contributed by atoms with van der Waals surface area (Å²) in [5.41, 5.74) is 2.73. The number of pyridine rings is 1. The number of ether oxygens (including phenoxy) is 1. The van der Waals surface area contributed by atoms with Crippen LogP contribution >= 0.6 is 0 Å². The van der Waals surface area contributed by atoms with Gasteiger partial charge in [-0.05, 0) is 37.3 Å². The van der Waals surface area contributed by atoms with E-state index in [0.717, 1.165) is 30.5 Å². The van der Waals surface area contributed by atoms with Crippen LogP contribution in [0.3, 0.4) is 0 Å². The Kier molecular flexibility index (Phi) is 6.03. The number of fused-ring (bicyclic) bond motifs is 11. The van der Waals surface area contributed by atoms with Gasteiger partial charge in [0.05, 0.1) is 18.4 Å². The van der Waals surface area contributed by atoms with Crippen LogP contribution in [0.5, 0.6) is 0 Å². The van der Waals surface area contributed by atoms with Crippen LogP contribution in [-0.2, 0) is 17.6 Å². The Hall–Kier alpha value is -1.38. The van der Waals surface area contributed by atoms with Gasteiger partial charge in [0, 0.05) is 6.20 Å². The molecule has 2 aliphatic rings. The van der Waals surface area contributed by atoms with E-state index in [2.05, 4.69) is 4.98 Å². The Morgan fingerprint density at radius 1 is 1.00 bits per heavy atom. The lowest BCUT2D eigenvalue weighted by atomic mass is 9.99. The summed E-state index contributed by atoms with van der Waals surface area (Å²) in [5, 5.41) is 0. The number of carbonyl (C=O) groups is 1. The van der Waals surface area contributed by atoms with Crippen LogP contribution < -0.4 is 0 Å². The molecule has 20 heavy (non-hydrogen) atoms. The summed E-state index contributed by atoms with van der Waals surface area (Å²) < 4.78 is 4.90. The van der Waals surface area contributed by atoms with Gasteiger partial charge in [-0.25, -0.2) is 4.79 Å². The van der Waals surface area contributed by atoms with Crippen LogP contribution in [0.25, 0.3) is 0 Å². The molecule has 2 heterocycles. The quantitative estimate of drug-likeness (QED) is 0.725. The van der Waals surface area contributed by atoms with Crippen LogP contribution in [0, 0.1) is 0 Å². The molecule has 0 saturated heterocycles. The standard InChI is InChI=1S/C17H25NO2/c1-20-17(19)15-12-14-10-8-6-4-2-3-5-7-9-11-16(15)18-13-14/h12-13H,2-11H2,1H3. The van der Waals surface area contributed by atoms with Crippen molar-refractivity contribution in [1.82, 2.24) is 4.98 Å². The average molecular weight is 275 g/mol. The summed E-state index contributed by atoms with van der Waals surface area (Å²) in [6, 6.07) is 1.99. The minimum absolute atomic E-state index is 0.249. The number of hydrogen-bond acceptors (Lipinski definition) is 3. The SMILES string of the molecule is COC(=O)c1cc2cnc1CCCCCCCCCC2. The van der Waals surface area contributed by atoms with Gasteiger partial charge in [-0.2, -0.15) is 0 Å². The number of aryl methyl sites for hydroxylation is 2. The van der Waals surface area contributed by atoms with Gasteiger partial charge in [-0.3, -0.25) is 4.98 Å². The van der Waals surface area contributed by atoms with Crippen molar-refractivity contribution in [2.24, 2.45) is 0 Å². The zero-order chi connectivity index (χ0) is 14.2.